The Labute approximate surface area is 146 Å². The highest BCUT2D eigenvalue weighted by atomic mass is 32.2. The van der Waals surface area contributed by atoms with Gasteiger partial charge in [-0.25, -0.2) is 13.1 Å². The third-order valence-electron chi connectivity index (χ3n) is 3.96. The first-order valence-corrected chi connectivity index (χ1v) is 9.57. The van der Waals surface area contributed by atoms with E-state index in [1.165, 1.54) is 0 Å². The van der Waals surface area contributed by atoms with Gasteiger partial charge in [-0.05, 0) is 17.7 Å². The van der Waals surface area contributed by atoms with Crippen LogP contribution in [0, 0.1) is 0 Å². The van der Waals surface area contributed by atoms with Gasteiger partial charge in [0.1, 0.15) is 5.69 Å². The second-order valence-corrected chi connectivity index (χ2v) is 7.58. The van der Waals surface area contributed by atoms with E-state index in [-0.39, 0.29) is 18.1 Å². The molecule has 0 spiro atoms. The summed E-state index contributed by atoms with van der Waals surface area (Å²) in [5, 5.41) is 0. The number of benzene rings is 1. The number of sulfonamides is 1. The highest BCUT2D eigenvalue weighted by Crippen LogP contribution is 2.21. The molecule has 8 heteroatoms. The van der Waals surface area contributed by atoms with Crippen molar-refractivity contribution in [2.24, 2.45) is 7.05 Å². The van der Waals surface area contributed by atoms with E-state index in [0.717, 1.165) is 11.3 Å². The van der Waals surface area contributed by atoms with Crippen LogP contribution >= 0.6 is 0 Å². The average Bonchev–Trinajstić information content (AvgIpc) is 2.97. The van der Waals surface area contributed by atoms with Crippen LogP contribution in [0.5, 0.6) is 0 Å². The van der Waals surface area contributed by atoms with E-state index in [1.54, 1.807) is 23.7 Å². The second kappa shape index (κ2) is 7.38. The van der Waals surface area contributed by atoms with Gasteiger partial charge in [0.15, 0.2) is 0 Å². The fraction of sp³-hybridized carbons (Fsp3) is 0.353. The molecule has 1 amide bonds. The summed E-state index contributed by atoms with van der Waals surface area (Å²) in [4.78, 5) is 12.4. The van der Waals surface area contributed by atoms with Crippen molar-refractivity contribution in [3.05, 3.63) is 48.2 Å². The number of rotatable bonds is 5. The predicted octanol–water partition coefficient (Wildman–Crippen LogP) is 1.17. The van der Waals surface area contributed by atoms with Crippen LogP contribution < -0.4 is 4.72 Å². The van der Waals surface area contributed by atoms with Gasteiger partial charge < -0.3 is 14.0 Å². The molecule has 0 aliphatic carbocycles. The van der Waals surface area contributed by atoms with Gasteiger partial charge >= 0.3 is 0 Å². The minimum absolute atomic E-state index is 0.206. The minimum atomic E-state index is -3.82. The Hall–Kier alpha value is -2.16. The van der Waals surface area contributed by atoms with Crippen molar-refractivity contribution in [3.8, 4) is 11.3 Å². The number of ether oxygens (including phenoxy) is 2. The van der Waals surface area contributed by atoms with Crippen LogP contribution in [0.1, 0.15) is 10.5 Å². The molecule has 1 aliphatic heterocycles. The van der Waals surface area contributed by atoms with Gasteiger partial charge in [-0.15, -0.1) is 0 Å². The van der Waals surface area contributed by atoms with Gasteiger partial charge in [-0.3, -0.25) is 4.79 Å². The summed E-state index contributed by atoms with van der Waals surface area (Å²) in [6, 6.07) is 13.0. The number of hydrogen-bond acceptors (Lipinski definition) is 5. The first-order valence-electron chi connectivity index (χ1n) is 7.91. The van der Waals surface area contributed by atoms with Crippen molar-refractivity contribution in [2.45, 2.75) is 6.10 Å². The Kier molecular flexibility index (Phi) is 5.22. The fourth-order valence-electron chi connectivity index (χ4n) is 2.75. The summed E-state index contributed by atoms with van der Waals surface area (Å²) in [5.41, 5.74) is 2.04. The quantitative estimate of drug-likeness (QED) is 0.861. The Morgan fingerprint density at radius 1 is 1.20 bits per heavy atom. The van der Waals surface area contributed by atoms with Crippen molar-refractivity contribution in [1.29, 1.82) is 0 Å². The fourth-order valence-corrected chi connectivity index (χ4v) is 3.90. The molecular weight excluding hydrogens is 344 g/mol. The molecule has 2 aromatic rings. The van der Waals surface area contributed by atoms with E-state index in [2.05, 4.69) is 4.72 Å². The molecule has 0 radical (unpaired) electrons. The highest BCUT2D eigenvalue weighted by Gasteiger charge is 2.25. The third-order valence-corrected chi connectivity index (χ3v) is 5.27. The summed E-state index contributed by atoms with van der Waals surface area (Å²) >= 11 is 0. The maximum atomic E-state index is 12.4. The Bertz CT molecular complexity index is 839. The maximum Gasteiger partial charge on any atom is 0.281 e. The van der Waals surface area contributed by atoms with E-state index in [4.69, 9.17) is 9.47 Å². The average molecular weight is 364 g/mol. The normalized spacial score (nSPS) is 18.0. The molecule has 1 N–H and O–H groups in total. The number of aromatic nitrogens is 1. The molecule has 1 aromatic carbocycles. The van der Waals surface area contributed by atoms with Crippen molar-refractivity contribution in [2.75, 3.05) is 25.6 Å². The van der Waals surface area contributed by atoms with Crippen LogP contribution in [0.2, 0.25) is 0 Å². The monoisotopic (exact) mass is 364 g/mol. The lowest BCUT2D eigenvalue weighted by molar-refractivity contribution is -0.0782. The van der Waals surface area contributed by atoms with Gasteiger partial charge in [0, 0.05) is 12.7 Å². The van der Waals surface area contributed by atoms with E-state index in [0.29, 0.717) is 13.2 Å². The second-order valence-electron chi connectivity index (χ2n) is 5.81. The molecule has 0 bridgehead atoms. The lowest BCUT2D eigenvalue weighted by atomic mass is 10.2. The standard InChI is InChI=1S/C17H20N2O5S/c1-19-15(13-5-3-2-4-6-13)7-8-16(19)17(20)18-25(21,22)12-14-11-23-9-10-24-14/h2-8,14H,9-12H2,1H3,(H,18,20). The van der Waals surface area contributed by atoms with Crippen LogP contribution in [-0.4, -0.2) is 50.6 Å². The molecule has 2 heterocycles. The molecule has 1 aromatic heterocycles. The molecule has 3 rings (SSSR count). The van der Waals surface area contributed by atoms with E-state index >= 15 is 0 Å². The molecule has 0 saturated carbocycles. The zero-order valence-corrected chi connectivity index (χ0v) is 14.7. The van der Waals surface area contributed by atoms with Gasteiger partial charge in [0.25, 0.3) is 5.91 Å². The molecule has 134 valence electrons. The minimum Gasteiger partial charge on any atom is -0.376 e. The van der Waals surface area contributed by atoms with Gasteiger partial charge in [-0.2, -0.15) is 0 Å². The number of carbonyl (C=O) groups is 1. The van der Waals surface area contributed by atoms with Crippen LogP contribution in [0.3, 0.4) is 0 Å². The Balaban J connectivity index is 1.72. The summed E-state index contributed by atoms with van der Waals surface area (Å²) in [5.74, 6) is -0.976. The Morgan fingerprint density at radius 3 is 2.64 bits per heavy atom. The summed E-state index contributed by atoms with van der Waals surface area (Å²) in [6.45, 7) is 1.01. The zero-order chi connectivity index (χ0) is 17.9. The predicted molar refractivity (Wildman–Crippen MR) is 92.7 cm³/mol. The molecular formula is C17H20N2O5S. The first kappa shape index (κ1) is 17.7. The molecule has 1 aliphatic rings. The first-order chi connectivity index (χ1) is 12.0. The molecule has 25 heavy (non-hydrogen) atoms. The molecule has 1 saturated heterocycles. The number of nitrogens with zero attached hydrogens (tertiary/aromatic N) is 1. The molecule has 1 unspecified atom stereocenters. The van der Waals surface area contributed by atoms with Gasteiger partial charge in [-0.1, -0.05) is 30.3 Å². The van der Waals surface area contributed by atoms with Crippen molar-refractivity contribution in [3.63, 3.8) is 0 Å². The van der Waals surface area contributed by atoms with Crippen LogP contribution in [0.15, 0.2) is 42.5 Å². The summed E-state index contributed by atoms with van der Waals surface area (Å²) in [7, 11) is -2.09. The largest absolute Gasteiger partial charge is 0.376 e. The van der Waals surface area contributed by atoms with Crippen molar-refractivity contribution >= 4 is 15.9 Å². The maximum absolute atomic E-state index is 12.4. The van der Waals surface area contributed by atoms with Crippen molar-refractivity contribution < 1.29 is 22.7 Å². The smallest absolute Gasteiger partial charge is 0.281 e. The number of nitrogens with one attached hydrogen (secondary N) is 1. The lowest BCUT2D eigenvalue weighted by Crippen LogP contribution is -2.41. The lowest BCUT2D eigenvalue weighted by Gasteiger charge is -2.22. The molecule has 1 fully saturated rings. The van der Waals surface area contributed by atoms with E-state index < -0.39 is 22.0 Å². The molecule has 7 nitrogen and oxygen atoms in total. The topological polar surface area (TPSA) is 86.6 Å². The molecule has 1 atom stereocenters. The van der Waals surface area contributed by atoms with E-state index in [1.807, 2.05) is 30.3 Å². The van der Waals surface area contributed by atoms with Gasteiger partial charge in [0.2, 0.25) is 10.0 Å². The van der Waals surface area contributed by atoms with Gasteiger partial charge in [0.05, 0.1) is 31.7 Å². The van der Waals surface area contributed by atoms with Crippen LogP contribution in [0.25, 0.3) is 11.3 Å². The SMILES string of the molecule is Cn1c(C(=O)NS(=O)(=O)CC2COCCO2)ccc1-c1ccccc1. The highest BCUT2D eigenvalue weighted by molar-refractivity contribution is 7.90. The third kappa shape index (κ3) is 4.28. The van der Waals surface area contributed by atoms with Crippen LogP contribution in [0.4, 0.5) is 0 Å². The zero-order valence-electron chi connectivity index (χ0n) is 13.8. The summed E-state index contributed by atoms with van der Waals surface area (Å²) < 4.78 is 38.7. The Morgan fingerprint density at radius 2 is 1.96 bits per heavy atom. The summed E-state index contributed by atoms with van der Waals surface area (Å²) in [6.07, 6.45) is -0.563. The van der Waals surface area contributed by atoms with Crippen molar-refractivity contribution in [1.82, 2.24) is 9.29 Å². The van der Waals surface area contributed by atoms with E-state index in [9.17, 15) is 13.2 Å². The number of amides is 1. The van der Waals surface area contributed by atoms with Crippen LogP contribution in [-0.2, 0) is 26.5 Å². The number of hydrogen-bond donors (Lipinski definition) is 1. The number of carbonyl (C=O) groups excluding carboxylic acids is 1.